The molecule has 1 fully saturated rings. The first-order valence-electron chi connectivity index (χ1n) is 8.70. The second kappa shape index (κ2) is 6.77. The number of fused-ring (bicyclic) bond motifs is 4. The maximum Gasteiger partial charge on any atom is 0.154 e. The molecule has 2 N–H and O–H groups in total. The number of rotatable bonds is 2. The summed E-state index contributed by atoms with van der Waals surface area (Å²) in [6.07, 6.45) is 3.29. The van der Waals surface area contributed by atoms with E-state index in [1.165, 1.54) is 0 Å². The third-order valence-corrected chi connectivity index (χ3v) is 4.62. The van der Waals surface area contributed by atoms with E-state index in [4.69, 9.17) is 4.74 Å². The van der Waals surface area contributed by atoms with Gasteiger partial charge in [-0.3, -0.25) is 0 Å². The number of benzene rings is 1. The number of hydrogen-bond donors (Lipinski definition) is 2. The second-order valence-corrected chi connectivity index (χ2v) is 6.09. The predicted octanol–water partition coefficient (Wildman–Crippen LogP) is 4.00. The molecule has 0 spiro atoms. The summed E-state index contributed by atoms with van der Waals surface area (Å²) in [5.74, 6) is 1.04. The molecule has 1 unspecified atom stereocenters. The van der Waals surface area contributed by atoms with Gasteiger partial charge in [-0.15, -0.1) is 10.2 Å². The van der Waals surface area contributed by atoms with Crippen molar-refractivity contribution in [1.29, 1.82) is 0 Å². The SMILES string of the molecule is CC.CNc1nnc(-c2ccc(C)cc2O)c2c1[C@H]1CCC(C2)O1. The monoisotopic (exact) mass is 327 g/mol. The molecular weight excluding hydrogens is 302 g/mol. The summed E-state index contributed by atoms with van der Waals surface area (Å²) in [5, 5.41) is 22.1. The zero-order chi connectivity index (χ0) is 17.3. The highest BCUT2D eigenvalue weighted by Gasteiger charge is 2.38. The van der Waals surface area contributed by atoms with Crippen molar-refractivity contribution in [2.24, 2.45) is 0 Å². The molecule has 0 aliphatic carbocycles. The fraction of sp³-hybridized carbons (Fsp3) is 0.474. The molecule has 5 heteroatoms. The van der Waals surface area contributed by atoms with Crippen LogP contribution in [0, 0.1) is 6.92 Å². The summed E-state index contributed by atoms with van der Waals surface area (Å²) in [5.41, 5.74) is 4.84. The minimum atomic E-state index is 0.0954. The molecule has 0 amide bonds. The summed E-state index contributed by atoms with van der Waals surface area (Å²) in [7, 11) is 1.86. The topological polar surface area (TPSA) is 67.3 Å². The molecule has 2 aromatic rings. The number of phenols is 1. The van der Waals surface area contributed by atoms with E-state index in [1.54, 1.807) is 6.07 Å². The number of nitrogens with zero attached hydrogens (tertiary/aromatic N) is 2. The highest BCUT2D eigenvalue weighted by molar-refractivity contribution is 5.73. The summed E-state index contributed by atoms with van der Waals surface area (Å²) in [6.45, 7) is 5.96. The first kappa shape index (κ1) is 16.7. The number of anilines is 1. The van der Waals surface area contributed by atoms with Gasteiger partial charge in [0.25, 0.3) is 0 Å². The van der Waals surface area contributed by atoms with Crippen molar-refractivity contribution >= 4 is 5.82 Å². The summed E-state index contributed by atoms with van der Waals surface area (Å²) >= 11 is 0. The molecule has 24 heavy (non-hydrogen) atoms. The largest absolute Gasteiger partial charge is 0.507 e. The van der Waals surface area contributed by atoms with E-state index < -0.39 is 0 Å². The smallest absolute Gasteiger partial charge is 0.154 e. The number of phenolic OH excluding ortho intramolecular Hbond substituents is 1. The minimum absolute atomic E-state index is 0.0954. The van der Waals surface area contributed by atoms with Crippen LogP contribution in [0.3, 0.4) is 0 Å². The van der Waals surface area contributed by atoms with Crippen LogP contribution in [-0.4, -0.2) is 28.5 Å². The first-order chi connectivity index (χ1) is 11.7. The predicted molar refractivity (Wildman–Crippen MR) is 95.3 cm³/mol. The van der Waals surface area contributed by atoms with Crippen LogP contribution in [0.15, 0.2) is 18.2 Å². The van der Waals surface area contributed by atoms with E-state index in [9.17, 15) is 5.11 Å². The van der Waals surface area contributed by atoms with E-state index in [1.807, 2.05) is 40.0 Å². The molecule has 128 valence electrons. The summed E-state index contributed by atoms with van der Waals surface area (Å²) < 4.78 is 6.04. The van der Waals surface area contributed by atoms with Gasteiger partial charge >= 0.3 is 0 Å². The van der Waals surface area contributed by atoms with Crippen molar-refractivity contribution in [2.75, 3.05) is 12.4 Å². The lowest BCUT2D eigenvalue weighted by atomic mass is 9.93. The van der Waals surface area contributed by atoms with Crippen molar-refractivity contribution in [2.45, 2.75) is 52.2 Å². The number of ether oxygens (including phenoxy) is 1. The molecule has 4 rings (SSSR count). The van der Waals surface area contributed by atoms with Crippen LogP contribution in [0.2, 0.25) is 0 Å². The molecule has 5 nitrogen and oxygen atoms in total. The molecule has 3 heterocycles. The van der Waals surface area contributed by atoms with Crippen LogP contribution in [0.1, 0.15) is 49.5 Å². The van der Waals surface area contributed by atoms with Gasteiger partial charge in [-0.2, -0.15) is 0 Å². The van der Waals surface area contributed by atoms with E-state index in [-0.39, 0.29) is 18.0 Å². The average Bonchev–Trinajstić information content (AvgIpc) is 2.98. The van der Waals surface area contributed by atoms with Crippen LogP contribution in [-0.2, 0) is 11.2 Å². The van der Waals surface area contributed by atoms with Crippen molar-refractivity contribution in [3.05, 3.63) is 34.9 Å². The Morgan fingerprint density at radius 2 is 2.00 bits per heavy atom. The van der Waals surface area contributed by atoms with Gasteiger partial charge < -0.3 is 15.2 Å². The highest BCUT2D eigenvalue weighted by atomic mass is 16.5. The lowest BCUT2D eigenvalue weighted by molar-refractivity contribution is 0.0326. The molecule has 0 radical (unpaired) electrons. The van der Waals surface area contributed by atoms with Crippen molar-refractivity contribution in [1.82, 2.24) is 10.2 Å². The number of aromatic hydroxyl groups is 1. The van der Waals surface area contributed by atoms with Crippen LogP contribution in [0.25, 0.3) is 11.3 Å². The maximum atomic E-state index is 10.3. The van der Waals surface area contributed by atoms with Gasteiger partial charge in [0.2, 0.25) is 0 Å². The van der Waals surface area contributed by atoms with Gasteiger partial charge in [0, 0.05) is 24.6 Å². The standard InChI is InChI=1S/C17H19N3O2.C2H6/c1-9-3-5-11(13(21)7-9)16-12-8-10-4-6-14(22-10)15(12)17(18-2)20-19-16;1-2/h3,5,7,10,14,21H,4,6,8H2,1-2H3,(H,18,20);1-2H3/t10?,14-;/m1./s1. The molecule has 1 aromatic heterocycles. The molecule has 1 aromatic carbocycles. The highest BCUT2D eigenvalue weighted by Crippen LogP contribution is 2.46. The Morgan fingerprint density at radius 1 is 1.21 bits per heavy atom. The quantitative estimate of drug-likeness (QED) is 0.872. The Bertz CT molecular complexity index is 746. The number of aromatic nitrogens is 2. The Balaban J connectivity index is 0.000000815. The number of nitrogens with one attached hydrogen (secondary N) is 1. The van der Waals surface area contributed by atoms with Crippen LogP contribution >= 0.6 is 0 Å². The van der Waals surface area contributed by atoms with Gasteiger partial charge in [0.1, 0.15) is 11.4 Å². The zero-order valence-electron chi connectivity index (χ0n) is 14.8. The molecule has 1 saturated heterocycles. The normalized spacial score (nSPS) is 20.8. The van der Waals surface area contributed by atoms with E-state index in [2.05, 4.69) is 15.5 Å². The Morgan fingerprint density at radius 3 is 2.71 bits per heavy atom. The maximum absolute atomic E-state index is 10.3. The molecule has 0 saturated carbocycles. The van der Waals surface area contributed by atoms with Crippen molar-refractivity contribution in [3.8, 4) is 17.0 Å². The van der Waals surface area contributed by atoms with E-state index in [0.717, 1.165) is 53.0 Å². The van der Waals surface area contributed by atoms with Crippen molar-refractivity contribution in [3.63, 3.8) is 0 Å². The average molecular weight is 327 g/mol. The van der Waals surface area contributed by atoms with Gasteiger partial charge in [0.15, 0.2) is 5.82 Å². The molecule has 2 atom stereocenters. The number of hydrogen-bond acceptors (Lipinski definition) is 5. The summed E-state index contributed by atoms with van der Waals surface area (Å²) in [4.78, 5) is 0. The van der Waals surface area contributed by atoms with Gasteiger partial charge in [-0.25, -0.2) is 0 Å². The van der Waals surface area contributed by atoms with E-state index in [0.29, 0.717) is 0 Å². The summed E-state index contributed by atoms with van der Waals surface area (Å²) in [6, 6.07) is 5.68. The Kier molecular flexibility index (Phi) is 4.71. The van der Waals surface area contributed by atoms with Gasteiger partial charge in [-0.05, 0) is 43.0 Å². The molecule has 2 aliphatic rings. The van der Waals surface area contributed by atoms with Gasteiger partial charge in [0.05, 0.1) is 12.2 Å². The van der Waals surface area contributed by atoms with Crippen LogP contribution < -0.4 is 5.32 Å². The first-order valence-corrected chi connectivity index (χ1v) is 8.70. The van der Waals surface area contributed by atoms with Crippen LogP contribution in [0.5, 0.6) is 5.75 Å². The Labute approximate surface area is 143 Å². The molecule has 2 aliphatic heterocycles. The lowest BCUT2D eigenvalue weighted by Gasteiger charge is -2.27. The zero-order valence-corrected chi connectivity index (χ0v) is 14.8. The fourth-order valence-corrected chi connectivity index (χ4v) is 3.58. The van der Waals surface area contributed by atoms with Crippen molar-refractivity contribution < 1.29 is 9.84 Å². The lowest BCUT2D eigenvalue weighted by Crippen LogP contribution is -2.21. The third kappa shape index (κ3) is 2.73. The molecular formula is C19H25N3O2. The fourth-order valence-electron chi connectivity index (χ4n) is 3.58. The Hall–Kier alpha value is -2.14. The van der Waals surface area contributed by atoms with E-state index >= 15 is 0 Å². The van der Waals surface area contributed by atoms with Gasteiger partial charge in [-0.1, -0.05) is 19.9 Å². The molecule has 2 bridgehead atoms. The van der Waals surface area contributed by atoms with Crippen LogP contribution in [0.4, 0.5) is 5.82 Å². The second-order valence-electron chi connectivity index (χ2n) is 6.09. The minimum Gasteiger partial charge on any atom is -0.507 e. The number of aryl methyl sites for hydroxylation is 1. The third-order valence-electron chi connectivity index (χ3n) is 4.62.